The average Bonchev–Trinajstić information content (AvgIpc) is 2.82. The fraction of sp³-hybridized carbons (Fsp3) is 0.364. The van der Waals surface area contributed by atoms with E-state index in [9.17, 15) is 14.4 Å². The highest BCUT2D eigenvalue weighted by Gasteiger charge is 2.42. The van der Waals surface area contributed by atoms with Gasteiger partial charge in [-0.2, -0.15) is 11.3 Å². The molecular formula is C11H12N2O3S. The molecule has 0 N–H and O–H groups in total. The molecule has 0 spiro atoms. The van der Waals surface area contributed by atoms with Crippen molar-refractivity contribution in [1.29, 1.82) is 0 Å². The molecule has 1 saturated heterocycles. The smallest absolute Gasteiger partial charge is 0.273 e. The maximum Gasteiger partial charge on any atom is 0.332 e. The number of nitrogens with zero attached hydrogens (tertiary/aromatic N) is 2. The molecule has 1 fully saturated rings. The van der Waals surface area contributed by atoms with E-state index < -0.39 is 23.8 Å². The van der Waals surface area contributed by atoms with E-state index in [0.717, 1.165) is 15.4 Å². The first kappa shape index (κ1) is 11.8. The third kappa shape index (κ3) is 1.95. The van der Waals surface area contributed by atoms with Crippen LogP contribution in [0, 0.1) is 5.92 Å². The van der Waals surface area contributed by atoms with Gasteiger partial charge in [0.2, 0.25) is 11.8 Å². The fourth-order valence-electron chi connectivity index (χ4n) is 1.81. The molecule has 0 radical (unpaired) electrons. The van der Waals surface area contributed by atoms with E-state index in [0.29, 0.717) is 6.42 Å². The van der Waals surface area contributed by atoms with E-state index in [1.54, 1.807) is 0 Å². The summed E-state index contributed by atoms with van der Waals surface area (Å²) in [6, 6.07) is 1.31. The molecule has 2 rings (SSSR count). The van der Waals surface area contributed by atoms with Crippen LogP contribution in [0.2, 0.25) is 0 Å². The summed E-state index contributed by atoms with van der Waals surface area (Å²) >= 11 is 1.52. The van der Waals surface area contributed by atoms with E-state index in [1.807, 2.05) is 16.8 Å². The Bertz CT molecular complexity index is 445. The highest BCUT2D eigenvalue weighted by molar-refractivity contribution is 7.07. The Balaban J connectivity index is 2.24. The van der Waals surface area contributed by atoms with Crippen molar-refractivity contribution in [2.45, 2.75) is 6.42 Å². The molecule has 0 unspecified atom stereocenters. The van der Waals surface area contributed by atoms with Gasteiger partial charge in [0.25, 0.3) is 0 Å². The molecule has 1 aliphatic rings. The number of imide groups is 2. The largest absolute Gasteiger partial charge is 0.332 e. The predicted octanol–water partition coefficient (Wildman–Crippen LogP) is 0.957. The highest BCUT2D eigenvalue weighted by atomic mass is 32.1. The summed E-state index contributed by atoms with van der Waals surface area (Å²) in [5.41, 5.74) is 0.942. The van der Waals surface area contributed by atoms with Crippen molar-refractivity contribution >= 4 is 29.2 Å². The van der Waals surface area contributed by atoms with Crippen molar-refractivity contribution in [3.05, 3.63) is 22.4 Å². The molecule has 0 atom stereocenters. The second-order valence-electron chi connectivity index (χ2n) is 3.97. The Morgan fingerprint density at radius 1 is 1.18 bits per heavy atom. The van der Waals surface area contributed by atoms with Gasteiger partial charge in [0.15, 0.2) is 0 Å². The van der Waals surface area contributed by atoms with E-state index in [1.165, 1.54) is 25.4 Å². The lowest BCUT2D eigenvalue weighted by Crippen LogP contribution is -2.57. The van der Waals surface area contributed by atoms with Gasteiger partial charge in [0.1, 0.15) is 5.92 Å². The summed E-state index contributed by atoms with van der Waals surface area (Å²) in [5.74, 6) is -1.63. The number of amides is 4. The summed E-state index contributed by atoms with van der Waals surface area (Å²) in [5, 5.41) is 3.79. The normalized spacial score (nSPS) is 18.1. The number of carbonyl (C=O) groups is 3. The van der Waals surface area contributed by atoms with Crippen molar-refractivity contribution in [3.8, 4) is 0 Å². The molecule has 90 valence electrons. The number of carbonyl (C=O) groups excluding carboxylic acids is 3. The maximum atomic E-state index is 11.9. The van der Waals surface area contributed by atoms with Crippen LogP contribution in [0.25, 0.3) is 0 Å². The van der Waals surface area contributed by atoms with Crippen molar-refractivity contribution in [3.63, 3.8) is 0 Å². The summed E-state index contributed by atoms with van der Waals surface area (Å²) in [7, 11) is 2.79. The summed E-state index contributed by atoms with van der Waals surface area (Å²) in [6.45, 7) is 0. The number of rotatable bonds is 2. The van der Waals surface area contributed by atoms with Gasteiger partial charge in [-0.15, -0.1) is 0 Å². The lowest BCUT2D eigenvalue weighted by atomic mass is 9.97. The SMILES string of the molecule is CN1C(=O)C(Cc2ccsc2)C(=O)N(C)C1=O. The quantitative estimate of drug-likeness (QED) is 0.737. The summed E-state index contributed by atoms with van der Waals surface area (Å²) in [6.07, 6.45) is 0.350. The molecule has 4 amide bonds. The lowest BCUT2D eigenvalue weighted by molar-refractivity contribution is -0.147. The number of hydrogen-bond donors (Lipinski definition) is 0. The standard InChI is InChI=1S/C11H12N2O3S/c1-12-9(14)8(5-7-3-4-17-6-7)10(15)13(2)11(12)16/h3-4,6,8H,5H2,1-2H3. The zero-order valence-corrected chi connectivity index (χ0v) is 10.4. The topological polar surface area (TPSA) is 57.7 Å². The van der Waals surface area contributed by atoms with Crippen LogP contribution in [0.4, 0.5) is 4.79 Å². The van der Waals surface area contributed by atoms with Crippen LogP contribution in [-0.2, 0) is 16.0 Å². The molecule has 5 nitrogen and oxygen atoms in total. The van der Waals surface area contributed by atoms with E-state index in [-0.39, 0.29) is 0 Å². The van der Waals surface area contributed by atoms with Gasteiger partial charge >= 0.3 is 6.03 Å². The zero-order valence-electron chi connectivity index (χ0n) is 9.54. The van der Waals surface area contributed by atoms with Gasteiger partial charge in [-0.05, 0) is 28.8 Å². The molecule has 6 heteroatoms. The van der Waals surface area contributed by atoms with Crippen LogP contribution in [0.15, 0.2) is 16.8 Å². The Kier molecular flexibility index (Phi) is 2.97. The Morgan fingerprint density at radius 2 is 1.76 bits per heavy atom. The van der Waals surface area contributed by atoms with Gasteiger partial charge in [0.05, 0.1) is 0 Å². The van der Waals surface area contributed by atoms with Crippen LogP contribution in [0.3, 0.4) is 0 Å². The molecular weight excluding hydrogens is 240 g/mol. The van der Waals surface area contributed by atoms with Gasteiger partial charge < -0.3 is 0 Å². The Hall–Kier alpha value is -1.69. The Labute approximate surface area is 103 Å². The second kappa shape index (κ2) is 4.29. The summed E-state index contributed by atoms with van der Waals surface area (Å²) in [4.78, 5) is 37.3. The average molecular weight is 252 g/mol. The van der Waals surface area contributed by atoms with Gasteiger partial charge in [0, 0.05) is 14.1 Å². The van der Waals surface area contributed by atoms with Crippen molar-refractivity contribution in [2.24, 2.45) is 5.92 Å². The van der Waals surface area contributed by atoms with Crippen molar-refractivity contribution in [2.75, 3.05) is 14.1 Å². The number of urea groups is 1. The highest BCUT2D eigenvalue weighted by Crippen LogP contribution is 2.20. The van der Waals surface area contributed by atoms with Crippen LogP contribution >= 0.6 is 11.3 Å². The second-order valence-corrected chi connectivity index (χ2v) is 4.75. The monoisotopic (exact) mass is 252 g/mol. The van der Waals surface area contributed by atoms with Crippen LogP contribution in [0.1, 0.15) is 5.56 Å². The molecule has 0 aromatic carbocycles. The third-order valence-electron chi connectivity index (χ3n) is 2.85. The van der Waals surface area contributed by atoms with Gasteiger partial charge in [-0.1, -0.05) is 0 Å². The zero-order chi connectivity index (χ0) is 12.6. The number of thiophene rings is 1. The van der Waals surface area contributed by atoms with Crippen LogP contribution < -0.4 is 0 Å². The van der Waals surface area contributed by atoms with Crippen LogP contribution in [-0.4, -0.2) is 41.7 Å². The first-order valence-corrected chi connectivity index (χ1v) is 6.07. The third-order valence-corrected chi connectivity index (χ3v) is 3.58. The number of barbiturate groups is 1. The molecule has 0 aliphatic carbocycles. The maximum absolute atomic E-state index is 11.9. The molecule has 1 aromatic rings. The lowest BCUT2D eigenvalue weighted by Gasteiger charge is -2.32. The van der Waals surface area contributed by atoms with E-state index in [4.69, 9.17) is 0 Å². The molecule has 0 saturated carbocycles. The number of hydrogen-bond acceptors (Lipinski definition) is 4. The minimum atomic E-state index is -0.780. The molecule has 17 heavy (non-hydrogen) atoms. The van der Waals surface area contributed by atoms with Gasteiger partial charge in [-0.25, -0.2) is 4.79 Å². The van der Waals surface area contributed by atoms with Crippen molar-refractivity contribution in [1.82, 2.24) is 9.80 Å². The first-order valence-electron chi connectivity index (χ1n) is 5.12. The molecule has 1 aliphatic heterocycles. The minimum absolute atomic E-state index is 0.350. The molecule has 2 heterocycles. The predicted molar refractivity (Wildman–Crippen MR) is 62.4 cm³/mol. The Morgan fingerprint density at radius 3 is 2.24 bits per heavy atom. The minimum Gasteiger partial charge on any atom is -0.273 e. The van der Waals surface area contributed by atoms with E-state index in [2.05, 4.69) is 0 Å². The van der Waals surface area contributed by atoms with Crippen molar-refractivity contribution < 1.29 is 14.4 Å². The fourth-order valence-corrected chi connectivity index (χ4v) is 2.49. The van der Waals surface area contributed by atoms with Crippen LogP contribution in [0.5, 0.6) is 0 Å². The first-order chi connectivity index (χ1) is 8.02. The van der Waals surface area contributed by atoms with E-state index >= 15 is 0 Å². The molecule has 1 aromatic heterocycles. The van der Waals surface area contributed by atoms with Gasteiger partial charge in [-0.3, -0.25) is 19.4 Å². The molecule has 0 bridgehead atoms. The summed E-state index contributed by atoms with van der Waals surface area (Å²) < 4.78 is 0.